The number of carbonyl (C=O) groups is 1. The van der Waals surface area contributed by atoms with Crippen LogP contribution in [0.5, 0.6) is 5.75 Å². The Hall–Kier alpha value is -2.21. The molecule has 0 aliphatic heterocycles. The first-order valence-electron chi connectivity index (χ1n) is 5.81. The number of rotatable bonds is 5. The quantitative estimate of drug-likeness (QED) is 0.913. The van der Waals surface area contributed by atoms with E-state index >= 15 is 0 Å². The van der Waals surface area contributed by atoms with Gasteiger partial charge in [-0.1, -0.05) is 12.1 Å². The fourth-order valence-electron chi connectivity index (χ4n) is 1.60. The third-order valence-electron chi connectivity index (χ3n) is 2.68. The topological polar surface area (TPSA) is 76.5 Å². The van der Waals surface area contributed by atoms with Gasteiger partial charge in [-0.15, -0.1) is 0 Å². The van der Waals surface area contributed by atoms with Gasteiger partial charge in [0.15, 0.2) is 0 Å². The minimum absolute atomic E-state index is 0.0600. The minimum Gasteiger partial charge on any atom is -0.497 e. The minimum atomic E-state index is -1.26. The van der Waals surface area contributed by atoms with Crippen LogP contribution in [0, 0.1) is 0 Å². The molecule has 0 aliphatic carbocycles. The van der Waals surface area contributed by atoms with E-state index in [0.717, 1.165) is 11.3 Å². The van der Waals surface area contributed by atoms with Crippen LogP contribution in [0.3, 0.4) is 0 Å². The number of nitrogens with zero attached hydrogens (tertiary/aromatic N) is 1. The van der Waals surface area contributed by atoms with Gasteiger partial charge < -0.3 is 9.84 Å². The molecule has 0 saturated carbocycles. The standard InChI is InChI=1S/C14H13NO4S/c1-19-11-4-2-10(3-5-11)9-20(18)12-6-7-13(14(16)17)15-8-12/h2-8H,9H2,1H3,(H,16,17)/t20-/m0/s1. The number of methoxy groups -OCH3 is 1. The van der Waals surface area contributed by atoms with Gasteiger partial charge in [0.1, 0.15) is 11.4 Å². The molecular formula is C14H13NO4S. The molecule has 1 heterocycles. The van der Waals surface area contributed by atoms with E-state index < -0.39 is 16.8 Å². The first-order valence-corrected chi connectivity index (χ1v) is 7.12. The zero-order valence-corrected chi connectivity index (χ0v) is 11.6. The Kier molecular flexibility index (Phi) is 4.47. The van der Waals surface area contributed by atoms with Crippen LogP contribution < -0.4 is 4.74 Å². The average molecular weight is 291 g/mol. The van der Waals surface area contributed by atoms with Crippen molar-refractivity contribution in [3.05, 3.63) is 53.9 Å². The molecule has 0 bridgehead atoms. The van der Waals surface area contributed by atoms with Crippen LogP contribution in [-0.2, 0) is 16.6 Å². The highest BCUT2D eigenvalue weighted by molar-refractivity contribution is 7.84. The summed E-state index contributed by atoms with van der Waals surface area (Å²) >= 11 is 0. The molecule has 0 amide bonds. The number of carboxylic acids is 1. The molecule has 20 heavy (non-hydrogen) atoms. The summed E-state index contributed by atoms with van der Waals surface area (Å²) in [5.41, 5.74) is 0.849. The predicted octanol–water partition coefficient (Wildman–Crippen LogP) is 2.10. The molecular weight excluding hydrogens is 278 g/mol. The van der Waals surface area contributed by atoms with Gasteiger partial charge in [-0.3, -0.25) is 4.21 Å². The lowest BCUT2D eigenvalue weighted by molar-refractivity contribution is 0.0690. The zero-order valence-electron chi connectivity index (χ0n) is 10.8. The molecule has 0 fully saturated rings. The van der Waals surface area contributed by atoms with Crippen LogP contribution in [-0.4, -0.2) is 27.4 Å². The summed E-state index contributed by atoms with van der Waals surface area (Å²) in [7, 11) is 0.325. The van der Waals surface area contributed by atoms with Crippen molar-refractivity contribution in [1.29, 1.82) is 0 Å². The van der Waals surface area contributed by atoms with E-state index in [0.29, 0.717) is 10.6 Å². The Labute approximate surface area is 118 Å². The van der Waals surface area contributed by atoms with Crippen molar-refractivity contribution in [1.82, 2.24) is 4.98 Å². The van der Waals surface area contributed by atoms with Crippen LogP contribution in [0.4, 0.5) is 0 Å². The number of aromatic nitrogens is 1. The third-order valence-corrected chi connectivity index (χ3v) is 4.04. The first-order chi connectivity index (χ1) is 9.60. The van der Waals surface area contributed by atoms with Crippen LogP contribution in [0.15, 0.2) is 47.5 Å². The van der Waals surface area contributed by atoms with E-state index in [2.05, 4.69) is 4.98 Å². The number of benzene rings is 1. The Morgan fingerprint density at radius 3 is 2.45 bits per heavy atom. The van der Waals surface area contributed by atoms with Crippen molar-refractivity contribution >= 4 is 16.8 Å². The largest absolute Gasteiger partial charge is 0.497 e. The van der Waals surface area contributed by atoms with Crippen LogP contribution >= 0.6 is 0 Å². The molecule has 2 rings (SSSR count). The second kappa shape index (κ2) is 6.29. The van der Waals surface area contributed by atoms with Gasteiger partial charge in [-0.25, -0.2) is 9.78 Å². The lowest BCUT2D eigenvalue weighted by atomic mass is 10.2. The first kappa shape index (κ1) is 14.2. The van der Waals surface area contributed by atoms with Crippen molar-refractivity contribution in [2.45, 2.75) is 10.6 Å². The van der Waals surface area contributed by atoms with Gasteiger partial charge in [-0.05, 0) is 29.8 Å². The number of aromatic carboxylic acids is 1. The molecule has 5 nitrogen and oxygen atoms in total. The van der Waals surface area contributed by atoms with Gasteiger partial charge in [0.05, 0.1) is 28.6 Å². The number of hydrogen-bond donors (Lipinski definition) is 1. The van der Waals surface area contributed by atoms with Gasteiger partial charge in [0, 0.05) is 6.20 Å². The summed E-state index contributed by atoms with van der Waals surface area (Å²) in [6.07, 6.45) is 1.34. The maximum Gasteiger partial charge on any atom is 0.354 e. The van der Waals surface area contributed by atoms with Crippen molar-refractivity contribution < 1.29 is 18.8 Å². The van der Waals surface area contributed by atoms with E-state index in [-0.39, 0.29) is 5.69 Å². The Morgan fingerprint density at radius 2 is 1.95 bits per heavy atom. The molecule has 2 aromatic rings. The summed E-state index contributed by atoms with van der Waals surface area (Å²) in [5.74, 6) is -0.0116. The van der Waals surface area contributed by atoms with Crippen molar-refractivity contribution in [3.63, 3.8) is 0 Å². The molecule has 6 heteroatoms. The van der Waals surface area contributed by atoms with Crippen molar-refractivity contribution in [2.75, 3.05) is 7.11 Å². The lowest BCUT2D eigenvalue weighted by Crippen LogP contribution is -2.02. The Bertz CT molecular complexity index is 623. The summed E-state index contributed by atoms with van der Waals surface area (Å²) in [5, 5.41) is 8.75. The fraction of sp³-hybridized carbons (Fsp3) is 0.143. The Balaban J connectivity index is 2.08. The highest BCUT2D eigenvalue weighted by Crippen LogP contribution is 2.15. The molecule has 0 radical (unpaired) electrons. The van der Waals surface area contributed by atoms with Gasteiger partial charge in [-0.2, -0.15) is 0 Å². The molecule has 1 aromatic heterocycles. The van der Waals surface area contributed by atoms with E-state index in [1.165, 1.54) is 18.3 Å². The van der Waals surface area contributed by atoms with E-state index in [9.17, 15) is 9.00 Å². The SMILES string of the molecule is COc1ccc(C[S@](=O)c2ccc(C(=O)O)nc2)cc1. The van der Waals surface area contributed by atoms with Gasteiger partial charge in [0.2, 0.25) is 0 Å². The molecule has 0 unspecified atom stereocenters. The molecule has 1 aromatic carbocycles. The number of ether oxygens (including phenoxy) is 1. The third kappa shape index (κ3) is 3.42. The lowest BCUT2D eigenvalue weighted by Gasteiger charge is -2.04. The highest BCUT2D eigenvalue weighted by Gasteiger charge is 2.09. The Morgan fingerprint density at radius 1 is 1.25 bits per heavy atom. The summed E-state index contributed by atoms with van der Waals surface area (Å²) in [6, 6.07) is 10.2. The molecule has 0 spiro atoms. The normalized spacial score (nSPS) is 11.8. The van der Waals surface area contributed by atoms with Crippen molar-refractivity contribution in [3.8, 4) is 5.75 Å². The fourth-order valence-corrected chi connectivity index (χ4v) is 2.65. The second-order valence-corrected chi connectivity index (χ2v) is 5.47. The summed E-state index contributed by atoms with van der Waals surface area (Å²) in [4.78, 5) is 14.9. The summed E-state index contributed by atoms with van der Waals surface area (Å²) in [6.45, 7) is 0. The van der Waals surface area contributed by atoms with Crippen molar-refractivity contribution in [2.24, 2.45) is 0 Å². The van der Waals surface area contributed by atoms with Gasteiger partial charge >= 0.3 is 5.97 Å². The van der Waals surface area contributed by atoms with Crippen LogP contribution in [0.1, 0.15) is 16.1 Å². The maximum absolute atomic E-state index is 12.1. The number of hydrogen-bond acceptors (Lipinski definition) is 4. The summed E-state index contributed by atoms with van der Waals surface area (Å²) < 4.78 is 17.2. The van der Waals surface area contributed by atoms with Gasteiger partial charge in [0.25, 0.3) is 0 Å². The van der Waals surface area contributed by atoms with Crippen LogP contribution in [0.25, 0.3) is 0 Å². The monoisotopic (exact) mass is 291 g/mol. The molecule has 1 N–H and O–H groups in total. The molecule has 0 saturated heterocycles. The maximum atomic E-state index is 12.1. The van der Waals surface area contributed by atoms with E-state index in [4.69, 9.17) is 9.84 Å². The number of carboxylic acid groups (broad SMARTS) is 1. The molecule has 0 aliphatic rings. The molecule has 104 valence electrons. The zero-order chi connectivity index (χ0) is 14.5. The highest BCUT2D eigenvalue weighted by atomic mass is 32.2. The van der Waals surface area contributed by atoms with E-state index in [1.54, 1.807) is 19.2 Å². The van der Waals surface area contributed by atoms with E-state index in [1.807, 2.05) is 12.1 Å². The van der Waals surface area contributed by atoms with Crippen LogP contribution in [0.2, 0.25) is 0 Å². The second-order valence-electron chi connectivity index (χ2n) is 4.02. The number of pyridine rings is 1. The smallest absolute Gasteiger partial charge is 0.354 e. The average Bonchev–Trinajstić information content (AvgIpc) is 2.48. The predicted molar refractivity (Wildman–Crippen MR) is 74.3 cm³/mol. The molecule has 1 atom stereocenters.